The van der Waals surface area contributed by atoms with Crippen LogP contribution in [0.4, 0.5) is 10.1 Å². The molecule has 0 atom stereocenters. The Hall–Kier alpha value is -1.95. The molecule has 19 heavy (non-hydrogen) atoms. The van der Waals surface area contributed by atoms with Crippen molar-refractivity contribution < 1.29 is 19.1 Å². The Labute approximate surface area is 110 Å². The normalized spacial score (nSPS) is 18.4. The topological polar surface area (TPSA) is 69.6 Å². The molecule has 2 amide bonds. The lowest BCUT2D eigenvalue weighted by molar-refractivity contribution is -0.135. The van der Waals surface area contributed by atoms with Gasteiger partial charge >= 0.3 is 0 Å². The molecular weight excluding hydrogens is 251 g/mol. The van der Waals surface area contributed by atoms with Gasteiger partial charge < -0.3 is 10.0 Å². The fraction of sp³-hybridized carbons (Fsp3) is 0.385. The van der Waals surface area contributed by atoms with Crippen molar-refractivity contribution in [1.82, 2.24) is 5.32 Å². The third-order valence-electron chi connectivity index (χ3n) is 3.22. The first-order valence-electron chi connectivity index (χ1n) is 5.87. The largest absolute Gasteiger partial charge is 0.392 e. The minimum atomic E-state index is -0.964. The molecule has 1 heterocycles. The van der Waals surface area contributed by atoms with Crippen molar-refractivity contribution in [2.24, 2.45) is 0 Å². The molecular formula is C13H15FN2O3. The van der Waals surface area contributed by atoms with Crippen LogP contribution in [-0.4, -0.2) is 29.0 Å². The maximum atomic E-state index is 13.5. The number of carbonyl (C=O) groups is 2. The van der Waals surface area contributed by atoms with E-state index >= 15 is 0 Å². The number of rotatable bonds is 2. The van der Waals surface area contributed by atoms with Gasteiger partial charge in [-0.1, -0.05) is 0 Å². The van der Waals surface area contributed by atoms with Gasteiger partial charge in [0.05, 0.1) is 13.2 Å². The Bertz CT molecular complexity index is 543. The Morgan fingerprint density at radius 2 is 2.05 bits per heavy atom. The van der Waals surface area contributed by atoms with E-state index in [9.17, 15) is 14.0 Å². The summed E-state index contributed by atoms with van der Waals surface area (Å²) in [6, 6.07) is 4.02. The van der Waals surface area contributed by atoms with Gasteiger partial charge in [-0.15, -0.1) is 0 Å². The van der Waals surface area contributed by atoms with Crippen molar-refractivity contribution in [3.8, 4) is 0 Å². The van der Waals surface area contributed by atoms with Gasteiger partial charge in [-0.3, -0.25) is 14.9 Å². The molecule has 0 aliphatic carbocycles. The van der Waals surface area contributed by atoms with Gasteiger partial charge in [0.25, 0.3) is 5.91 Å². The second-order valence-electron chi connectivity index (χ2n) is 5.00. The number of anilines is 1. The number of aliphatic hydroxyl groups excluding tert-OH is 1. The van der Waals surface area contributed by atoms with Crippen molar-refractivity contribution in [3.05, 3.63) is 29.6 Å². The van der Waals surface area contributed by atoms with Crippen LogP contribution in [0.5, 0.6) is 0 Å². The minimum Gasteiger partial charge on any atom is -0.392 e. The average molecular weight is 266 g/mol. The van der Waals surface area contributed by atoms with Gasteiger partial charge in [-0.25, -0.2) is 4.39 Å². The molecule has 0 saturated carbocycles. The summed E-state index contributed by atoms with van der Waals surface area (Å²) in [5.74, 6) is -1.38. The van der Waals surface area contributed by atoms with Crippen LogP contribution in [0.25, 0.3) is 0 Å². The molecule has 1 saturated heterocycles. The molecule has 2 N–H and O–H groups in total. The maximum Gasteiger partial charge on any atom is 0.251 e. The number of nitrogens with zero attached hydrogens (tertiary/aromatic N) is 1. The van der Waals surface area contributed by atoms with Crippen molar-refractivity contribution >= 4 is 17.5 Å². The summed E-state index contributed by atoms with van der Waals surface area (Å²) in [6.45, 7) is 2.96. The second kappa shape index (κ2) is 4.62. The van der Waals surface area contributed by atoms with Crippen LogP contribution < -0.4 is 10.2 Å². The summed E-state index contributed by atoms with van der Waals surface area (Å²) in [4.78, 5) is 24.8. The van der Waals surface area contributed by atoms with Crippen molar-refractivity contribution in [2.75, 3.05) is 11.4 Å². The quantitative estimate of drug-likeness (QED) is 0.767. The number of benzene rings is 1. The lowest BCUT2D eigenvalue weighted by Gasteiger charge is -2.41. The van der Waals surface area contributed by atoms with E-state index in [2.05, 4.69) is 5.32 Å². The molecule has 0 bridgehead atoms. The molecule has 0 aromatic heterocycles. The summed E-state index contributed by atoms with van der Waals surface area (Å²) >= 11 is 0. The van der Waals surface area contributed by atoms with Crippen LogP contribution >= 0.6 is 0 Å². The van der Waals surface area contributed by atoms with E-state index in [4.69, 9.17) is 5.11 Å². The molecule has 1 aliphatic rings. The first-order valence-corrected chi connectivity index (χ1v) is 5.87. The number of nitrogens with one attached hydrogen (secondary N) is 1. The molecule has 1 aromatic carbocycles. The molecule has 1 aromatic rings. The predicted molar refractivity (Wildman–Crippen MR) is 66.9 cm³/mol. The lowest BCUT2D eigenvalue weighted by atomic mass is 9.97. The van der Waals surface area contributed by atoms with Crippen LogP contribution in [0, 0.1) is 5.82 Å². The SMILES string of the molecule is CC1(C)C(=O)NC(=O)CN1c1cc(F)cc(CO)c1. The number of hydrogen-bond donors (Lipinski definition) is 2. The van der Waals surface area contributed by atoms with Crippen LogP contribution in [0.15, 0.2) is 18.2 Å². The second-order valence-corrected chi connectivity index (χ2v) is 5.00. The zero-order chi connectivity index (χ0) is 14.2. The molecule has 0 unspecified atom stereocenters. The number of carbonyl (C=O) groups excluding carboxylic acids is 2. The number of piperazine rings is 1. The van der Waals surface area contributed by atoms with Gasteiger partial charge in [0.1, 0.15) is 11.4 Å². The van der Waals surface area contributed by atoms with E-state index < -0.39 is 23.2 Å². The minimum absolute atomic E-state index is 0.0347. The van der Waals surface area contributed by atoms with Gasteiger partial charge in [0, 0.05) is 5.69 Å². The summed E-state index contributed by atoms with van der Waals surface area (Å²) in [5.41, 5.74) is -0.171. The maximum absolute atomic E-state index is 13.5. The first-order chi connectivity index (χ1) is 8.84. The molecule has 102 valence electrons. The van der Waals surface area contributed by atoms with Crippen molar-refractivity contribution in [2.45, 2.75) is 26.0 Å². The smallest absolute Gasteiger partial charge is 0.251 e. The van der Waals surface area contributed by atoms with Gasteiger partial charge in [-0.05, 0) is 37.6 Å². The zero-order valence-corrected chi connectivity index (χ0v) is 10.7. The Morgan fingerprint density at radius 3 is 2.68 bits per heavy atom. The summed E-state index contributed by atoms with van der Waals surface area (Å²) in [5, 5.41) is 11.3. The fourth-order valence-electron chi connectivity index (χ4n) is 2.08. The monoisotopic (exact) mass is 266 g/mol. The molecule has 5 nitrogen and oxygen atoms in total. The van der Waals surface area contributed by atoms with Crippen LogP contribution in [0.3, 0.4) is 0 Å². The van der Waals surface area contributed by atoms with E-state index in [1.54, 1.807) is 19.9 Å². The Balaban J connectivity index is 2.46. The highest BCUT2D eigenvalue weighted by molar-refractivity contribution is 6.06. The standard InChI is InChI=1S/C13H15FN2O3/c1-13(2)12(19)15-11(18)6-16(13)10-4-8(7-17)3-9(14)5-10/h3-5,17H,6-7H2,1-2H3,(H,15,18,19). The fourth-order valence-corrected chi connectivity index (χ4v) is 2.08. The lowest BCUT2D eigenvalue weighted by Crippen LogP contribution is -2.64. The number of hydrogen-bond acceptors (Lipinski definition) is 4. The Morgan fingerprint density at radius 1 is 1.37 bits per heavy atom. The highest BCUT2D eigenvalue weighted by atomic mass is 19.1. The van der Waals surface area contributed by atoms with Gasteiger partial charge in [0.15, 0.2) is 0 Å². The van der Waals surface area contributed by atoms with E-state index in [1.165, 1.54) is 17.0 Å². The third kappa shape index (κ3) is 2.44. The van der Waals surface area contributed by atoms with Gasteiger partial charge in [-0.2, -0.15) is 0 Å². The average Bonchev–Trinajstić information content (AvgIpc) is 2.33. The highest BCUT2D eigenvalue weighted by Gasteiger charge is 2.41. The molecule has 1 aliphatic heterocycles. The zero-order valence-electron chi connectivity index (χ0n) is 10.7. The summed E-state index contributed by atoms with van der Waals surface area (Å²) in [7, 11) is 0. The van der Waals surface area contributed by atoms with E-state index in [1.807, 2.05) is 0 Å². The van der Waals surface area contributed by atoms with E-state index in [0.717, 1.165) is 0 Å². The van der Waals surface area contributed by atoms with Gasteiger partial charge in [0.2, 0.25) is 5.91 Å². The third-order valence-corrected chi connectivity index (χ3v) is 3.22. The van der Waals surface area contributed by atoms with E-state index in [-0.39, 0.29) is 13.2 Å². The molecule has 0 spiro atoms. The van der Waals surface area contributed by atoms with Crippen molar-refractivity contribution in [1.29, 1.82) is 0 Å². The van der Waals surface area contributed by atoms with Crippen LogP contribution in [-0.2, 0) is 16.2 Å². The van der Waals surface area contributed by atoms with E-state index in [0.29, 0.717) is 11.3 Å². The summed E-state index contributed by atoms with van der Waals surface area (Å²) < 4.78 is 13.5. The molecule has 2 rings (SSSR count). The Kier molecular flexibility index (Phi) is 3.28. The predicted octanol–water partition coefficient (Wildman–Crippen LogP) is 0.559. The molecule has 0 radical (unpaired) electrons. The molecule has 6 heteroatoms. The van der Waals surface area contributed by atoms with Crippen LogP contribution in [0.2, 0.25) is 0 Å². The number of amides is 2. The number of imide groups is 1. The summed E-state index contributed by atoms with van der Waals surface area (Å²) in [6.07, 6.45) is 0. The van der Waals surface area contributed by atoms with Crippen molar-refractivity contribution in [3.63, 3.8) is 0 Å². The highest BCUT2D eigenvalue weighted by Crippen LogP contribution is 2.28. The van der Waals surface area contributed by atoms with Crippen LogP contribution in [0.1, 0.15) is 19.4 Å². The molecule has 1 fully saturated rings. The number of halogens is 1. The first kappa shape index (κ1) is 13.5. The number of aliphatic hydroxyl groups is 1.